The second kappa shape index (κ2) is 5.14. The second-order valence-electron chi connectivity index (χ2n) is 4.52. The van der Waals surface area contributed by atoms with Crippen molar-refractivity contribution in [3.63, 3.8) is 0 Å². The van der Waals surface area contributed by atoms with Crippen molar-refractivity contribution in [1.82, 2.24) is 9.97 Å². The van der Waals surface area contributed by atoms with Crippen LogP contribution in [0.15, 0.2) is 6.33 Å². The van der Waals surface area contributed by atoms with Gasteiger partial charge in [-0.3, -0.25) is 0 Å². The smallest absolute Gasteiger partial charge is 0.137 e. The van der Waals surface area contributed by atoms with Crippen molar-refractivity contribution in [1.29, 1.82) is 0 Å². The first kappa shape index (κ1) is 12.7. The van der Waals surface area contributed by atoms with Crippen molar-refractivity contribution >= 4 is 11.6 Å². The Morgan fingerprint density at radius 2 is 1.88 bits per heavy atom. The van der Waals surface area contributed by atoms with Crippen LogP contribution in [0.2, 0.25) is 0 Å². The van der Waals surface area contributed by atoms with E-state index in [1.54, 1.807) is 6.33 Å². The summed E-state index contributed by atoms with van der Waals surface area (Å²) in [5.74, 6) is 2.49. The summed E-state index contributed by atoms with van der Waals surface area (Å²) in [6.45, 7) is 8.70. The lowest BCUT2D eigenvalue weighted by Crippen LogP contribution is -2.34. The highest BCUT2D eigenvalue weighted by Crippen LogP contribution is 2.24. The quantitative estimate of drug-likeness (QED) is 0.848. The molecule has 1 N–H and O–H groups in total. The van der Waals surface area contributed by atoms with Gasteiger partial charge >= 0.3 is 0 Å². The van der Waals surface area contributed by atoms with Gasteiger partial charge in [-0.15, -0.1) is 0 Å². The van der Waals surface area contributed by atoms with E-state index in [1.807, 2.05) is 14.0 Å². The van der Waals surface area contributed by atoms with Crippen LogP contribution in [-0.2, 0) is 0 Å². The molecular weight excluding hydrogens is 200 g/mol. The van der Waals surface area contributed by atoms with Crippen molar-refractivity contribution in [3.05, 3.63) is 11.9 Å². The molecule has 0 spiro atoms. The number of hydrogen-bond donors (Lipinski definition) is 1. The normalized spacial score (nSPS) is 12.7. The van der Waals surface area contributed by atoms with Gasteiger partial charge in [-0.1, -0.05) is 13.8 Å². The molecule has 0 aromatic carbocycles. The Bertz CT molecular complexity index is 349. The molecule has 0 aliphatic carbocycles. The number of rotatable bonds is 4. The molecular formula is C12H22N4. The first-order valence-electron chi connectivity index (χ1n) is 5.71. The molecule has 1 aromatic rings. The van der Waals surface area contributed by atoms with Gasteiger partial charge in [0.1, 0.15) is 18.0 Å². The summed E-state index contributed by atoms with van der Waals surface area (Å²) in [4.78, 5) is 10.8. The lowest BCUT2D eigenvalue weighted by Gasteiger charge is -2.30. The molecule has 1 atom stereocenters. The number of hydrogen-bond acceptors (Lipinski definition) is 4. The van der Waals surface area contributed by atoms with Gasteiger partial charge in [0.15, 0.2) is 0 Å². The highest BCUT2D eigenvalue weighted by atomic mass is 15.2. The van der Waals surface area contributed by atoms with Gasteiger partial charge < -0.3 is 10.2 Å². The van der Waals surface area contributed by atoms with Crippen molar-refractivity contribution in [2.75, 3.05) is 24.3 Å². The molecule has 1 aromatic heterocycles. The largest absolute Gasteiger partial charge is 0.373 e. The molecule has 0 radical (unpaired) electrons. The summed E-state index contributed by atoms with van der Waals surface area (Å²) in [7, 11) is 3.96. The van der Waals surface area contributed by atoms with Crippen LogP contribution in [0, 0.1) is 12.8 Å². The van der Waals surface area contributed by atoms with Crippen molar-refractivity contribution in [2.45, 2.75) is 33.7 Å². The molecule has 0 fully saturated rings. The van der Waals surface area contributed by atoms with Crippen LogP contribution in [0.1, 0.15) is 26.3 Å². The molecule has 16 heavy (non-hydrogen) atoms. The third-order valence-electron chi connectivity index (χ3n) is 3.20. The molecule has 1 unspecified atom stereocenters. The lowest BCUT2D eigenvalue weighted by atomic mass is 10.0. The Balaban J connectivity index is 3.04. The second-order valence-corrected chi connectivity index (χ2v) is 4.52. The van der Waals surface area contributed by atoms with Crippen LogP contribution >= 0.6 is 0 Å². The van der Waals surface area contributed by atoms with Gasteiger partial charge in [-0.05, 0) is 19.8 Å². The van der Waals surface area contributed by atoms with Crippen LogP contribution in [0.4, 0.5) is 11.6 Å². The lowest BCUT2D eigenvalue weighted by molar-refractivity contribution is 0.502. The van der Waals surface area contributed by atoms with Crippen LogP contribution in [0.3, 0.4) is 0 Å². The predicted molar refractivity (Wildman–Crippen MR) is 69.0 cm³/mol. The minimum atomic E-state index is 0.457. The van der Waals surface area contributed by atoms with Crippen molar-refractivity contribution < 1.29 is 0 Å². The maximum absolute atomic E-state index is 4.37. The number of nitrogens with zero attached hydrogens (tertiary/aromatic N) is 3. The maximum atomic E-state index is 4.37. The fourth-order valence-electron chi connectivity index (χ4n) is 1.69. The van der Waals surface area contributed by atoms with E-state index in [1.165, 1.54) is 0 Å². The zero-order chi connectivity index (χ0) is 12.3. The molecule has 0 aliphatic rings. The number of aromatic nitrogens is 2. The molecule has 90 valence electrons. The highest BCUT2D eigenvalue weighted by Gasteiger charge is 2.17. The van der Waals surface area contributed by atoms with Gasteiger partial charge in [0.25, 0.3) is 0 Å². The summed E-state index contributed by atoms with van der Waals surface area (Å²) < 4.78 is 0. The average molecular weight is 222 g/mol. The third kappa shape index (κ3) is 2.43. The van der Waals surface area contributed by atoms with Gasteiger partial charge in [-0.2, -0.15) is 0 Å². The molecule has 0 saturated carbocycles. The van der Waals surface area contributed by atoms with Gasteiger partial charge in [0.2, 0.25) is 0 Å². The molecule has 0 amide bonds. The molecule has 4 heteroatoms. The Labute approximate surface area is 98.1 Å². The first-order chi connectivity index (χ1) is 7.49. The van der Waals surface area contributed by atoms with E-state index in [-0.39, 0.29) is 0 Å². The van der Waals surface area contributed by atoms with Gasteiger partial charge in [0.05, 0.1) is 0 Å². The molecule has 0 bridgehead atoms. The summed E-state index contributed by atoms with van der Waals surface area (Å²) in [6, 6.07) is 0.457. The van der Waals surface area contributed by atoms with Crippen molar-refractivity contribution in [3.8, 4) is 0 Å². The standard InChI is InChI=1S/C12H22N4/c1-8(2)10(4)16(6)12-9(3)11(13-5)14-7-15-12/h7-8,10H,1-6H3,(H,13,14,15). The molecule has 1 heterocycles. The molecule has 0 saturated heterocycles. The molecule has 0 aliphatic heterocycles. The van der Waals surface area contributed by atoms with Gasteiger partial charge in [-0.25, -0.2) is 9.97 Å². The first-order valence-corrected chi connectivity index (χ1v) is 5.71. The Kier molecular flexibility index (Phi) is 4.10. The van der Waals surface area contributed by atoms with E-state index in [2.05, 4.69) is 48.0 Å². The minimum absolute atomic E-state index is 0.457. The van der Waals surface area contributed by atoms with E-state index in [9.17, 15) is 0 Å². The fraction of sp³-hybridized carbons (Fsp3) is 0.667. The van der Waals surface area contributed by atoms with Crippen LogP contribution in [0.5, 0.6) is 0 Å². The third-order valence-corrected chi connectivity index (χ3v) is 3.20. The zero-order valence-corrected chi connectivity index (χ0v) is 11.1. The van der Waals surface area contributed by atoms with Crippen LogP contribution < -0.4 is 10.2 Å². The van der Waals surface area contributed by atoms with E-state index in [0.29, 0.717) is 12.0 Å². The minimum Gasteiger partial charge on any atom is -0.373 e. The Morgan fingerprint density at radius 1 is 1.25 bits per heavy atom. The average Bonchev–Trinajstić information content (AvgIpc) is 2.27. The van der Waals surface area contributed by atoms with E-state index in [0.717, 1.165) is 17.2 Å². The predicted octanol–water partition coefficient (Wildman–Crippen LogP) is 2.31. The summed E-state index contributed by atoms with van der Waals surface area (Å²) in [6.07, 6.45) is 1.61. The van der Waals surface area contributed by atoms with Crippen LogP contribution in [0.25, 0.3) is 0 Å². The summed E-state index contributed by atoms with van der Waals surface area (Å²) >= 11 is 0. The highest BCUT2D eigenvalue weighted by molar-refractivity contribution is 5.57. The monoisotopic (exact) mass is 222 g/mol. The topological polar surface area (TPSA) is 41.1 Å². The van der Waals surface area contributed by atoms with Gasteiger partial charge in [0, 0.05) is 25.7 Å². The van der Waals surface area contributed by atoms with E-state index in [4.69, 9.17) is 0 Å². The zero-order valence-electron chi connectivity index (χ0n) is 11.1. The number of anilines is 2. The van der Waals surface area contributed by atoms with E-state index >= 15 is 0 Å². The molecule has 1 rings (SSSR count). The maximum Gasteiger partial charge on any atom is 0.137 e. The SMILES string of the molecule is CNc1ncnc(N(C)C(C)C(C)C)c1C. The van der Waals surface area contributed by atoms with Crippen LogP contribution in [-0.4, -0.2) is 30.1 Å². The van der Waals surface area contributed by atoms with Crippen molar-refractivity contribution in [2.24, 2.45) is 5.92 Å². The van der Waals surface area contributed by atoms with E-state index < -0.39 is 0 Å². The summed E-state index contributed by atoms with van der Waals surface area (Å²) in [5.41, 5.74) is 1.10. The summed E-state index contributed by atoms with van der Waals surface area (Å²) in [5, 5.41) is 3.08. The fourth-order valence-corrected chi connectivity index (χ4v) is 1.69. The molecule has 4 nitrogen and oxygen atoms in total. The Hall–Kier alpha value is -1.32. The Morgan fingerprint density at radius 3 is 2.38 bits per heavy atom. The number of nitrogens with one attached hydrogen (secondary N) is 1.